The van der Waals surface area contributed by atoms with E-state index in [0.29, 0.717) is 12.1 Å². The Morgan fingerprint density at radius 3 is 2.00 bits per heavy atom. The van der Waals surface area contributed by atoms with Crippen molar-refractivity contribution in [3.05, 3.63) is 86.8 Å². The summed E-state index contributed by atoms with van der Waals surface area (Å²) in [6.45, 7) is 2.53. The first-order valence-corrected chi connectivity index (χ1v) is 12.6. The van der Waals surface area contributed by atoms with E-state index < -0.39 is 88.7 Å². The zero-order valence-electron chi connectivity index (χ0n) is 22.8. The van der Waals surface area contributed by atoms with Crippen LogP contribution in [0.1, 0.15) is 40.5 Å². The fourth-order valence-electron chi connectivity index (χ4n) is 4.29. The molecule has 0 saturated carbocycles. The SMILES string of the molecule is CC[C@@H](Nc1cc(F)c(C(=O)N[C@@H](Cc2ccc(-c3c(C(F)(F)F)cc(C)n(C)c3=O)cc2)C(=O)O)c(F)c1)C(F)(F)F. The number of nitrogens with one attached hydrogen (secondary N) is 2. The van der Waals surface area contributed by atoms with Crippen molar-refractivity contribution >= 4 is 17.6 Å². The van der Waals surface area contributed by atoms with E-state index >= 15 is 0 Å². The smallest absolute Gasteiger partial charge is 0.417 e. The molecule has 2 aromatic carbocycles. The number of hydrogen-bond acceptors (Lipinski definition) is 4. The number of aryl methyl sites for hydroxylation is 1. The van der Waals surface area contributed by atoms with Crippen molar-refractivity contribution in [2.24, 2.45) is 7.05 Å². The molecule has 0 aliphatic rings. The molecule has 0 spiro atoms. The average Bonchev–Trinajstić information content (AvgIpc) is 2.88. The second-order valence-corrected chi connectivity index (χ2v) is 9.66. The van der Waals surface area contributed by atoms with E-state index in [0.717, 1.165) is 22.8 Å². The lowest BCUT2D eigenvalue weighted by molar-refractivity contribution is -0.143. The lowest BCUT2D eigenvalue weighted by Gasteiger charge is -2.22. The molecule has 0 bridgehead atoms. The lowest BCUT2D eigenvalue weighted by atomic mass is 9.97. The van der Waals surface area contributed by atoms with Crippen LogP contribution >= 0.6 is 0 Å². The summed E-state index contributed by atoms with van der Waals surface area (Å²) in [5, 5.41) is 13.4. The number of carbonyl (C=O) groups is 2. The topological polar surface area (TPSA) is 100 Å². The molecule has 1 aromatic heterocycles. The summed E-state index contributed by atoms with van der Waals surface area (Å²) in [5.41, 5.74) is -4.39. The number of rotatable bonds is 9. The highest BCUT2D eigenvalue weighted by atomic mass is 19.4. The molecule has 0 aliphatic carbocycles. The van der Waals surface area contributed by atoms with Crippen molar-refractivity contribution in [2.75, 3.05) is 5.32 Å². The van der Waals surface area contributed by atoms with E-state index in [2.05, 4.69) is 0 Å². The number of amides is 1. The number of anilines is 1. The normalized spacial score (nSPS) is 13.4. The van der Waals surface area contributed by atoms with Gasteiger partial charge in [0.2, 0.25) is 0 Å². The van der Waals surface area contributed by atoms with Gasteiger partial charge in [-0.1, -0.05) is 31.2 Å². The third kappa shape index (κ3) is 7.51. The van der Waals surface area contributed by atoms with Gasteiger partial charge in [0.15, 0.2) is 0 Å². The minimum Gasteiger partial charge on any atom is -0.480 e. The summed E-state index contributed by atoms with van der Waals surface area (Å²) in [7, 11) is 1.30. The maximum atomic E-state index is 14.6. The molecule has 0 unspecified atom stereocenters. The number of aliphatic carboxylic acids is 1. The van der Waals surface area contributed by atoms with Crippen LogP contribution < -0.4 is 16.2 Å². The summed E-state index contributed by atoms with van der Waals surface area (Å²) in [4.78, 5) is 37.1. The maximum absolute atomic E-state index is 14.6. The number of carboxylic acids is 1. The predicted octanol–water partition coefficient (Wildman–Crippen LogP) is 5.84. The molecule has 1 amide bonds. The number of benzene rings is 2. The van der Waals surface area contributed by atoms with Crippen molar-refractivity contribution in [3.63, 3.8) is 0 Å². The van der Waals surface area contributed by atoms with Crippen LogP contribution in [0.5, 0.6) is 0 Å². The van der Waals surface area contributed by atoms with E-state index in [-0.39, 0.29) is 16.8 Å². The minimum absolute atomic E-state index is 0.0722. The largest absolute Gasteiger partial charge is 0.480 e. The first-order chi connectivity index (χ1) is 19.8. The van der Waals surface area contributed by atoms with Gasteiger partial charge in [-0.2, -0.15) is 26.3 Å². The first kappa shape index (κ1) is 33.1. The predicted molar refractivity (Wildman–Crippen MR) is 140 cm³/mol. The number of hydrogen-bond donors (Lipinski definition) is 3. The molecule has 3 N–H and O–H groups in total. The number of carbonyl (C=O) groups excluding carboxylic acids is 1. The highest BCUT2D eigenvalue weighted by Gasteiger charge is 2.39. The van der Waals surface area contributed by atoms with Gasteiger partial charge in [0.25, 0.3) is 11.5 Å². The summed E-state index contributed by atoms with van der Waals surface area (Å²) in [6, 6.07) is 2.62. The number of nitrogens with zero attached hydrogens (tertiary/aromatic N) is 1. The van der Waals surface area contributed by atoms with E-state index in [9.17, 15) is 54.6 Å². The number of halogens is 8. The molecular weight excluding hydrogens is 594 g/mol. The summed E-state index contributed by atoms with van der Waals surface area (Å²) >= 11 is 0. The van der Waals surface area contributed by atoms with Crippen molar-refractivity contribution in [3.8, 4) is 11.1 Å². The van der Waals surface area contributed by atoms with Gasteiger partial charge >= 0.3 is 18.3 Å². The van der Waals surface area contributed by atoms with E-state index in [4.69, 9.17) is 0 Å². The van der Waals surface area contributed by atoms with Gasteiger partial charge in [0, 0.05) is 24.8 Å². The van der Waals surface area contributed by atoms with E-state index in [1.54, 1.807) is 0 Å². The third-order valence-corrected chi connectivity index (χ3v) is 6.67. The standard InChI is InChI=1S/C28H25F8N3O4/c1-4-21(28(34,35)36)37-16-11-18(29)23(19(30)12-16)24(40)38-20(26(42)43)10-14-5-7-15(8-6-14)22-17(27(31,32)33)9-13(2)39(3)25(22)41/h5-9,11-12,20-21,37H,4,10H2,1-3H3,(H,38,40)(H,42,43)/t20-,21+/m0/s1. The van der Waals surface area contributed by atoms with E-state index in [1.807, 2.05) is 10.6 Å². The summed E-state index contributed by atoms with van der Waals surface area (Å²) in [6.07, 6.45) is -10.5. The zero-order valence-corrected chi connectivity index (χ0v) is 22.8. The number of aromatic nitrogens is 1. The molecular formula is C28H25F8N3O4. The lowest BCUT2D eigenvalue weighted by Crippen LogP contribution is -2.43. The van der Waals surface area contributed by atoms with Gasteiger partial charge in [-0.15, -0.1) is 0 Å². The van der Waals surface area contributed by atoms with Gasteiger partial charge in [0.05, 0.1) is 11.1 Å². The van der Waals surface area contributed by atoms with Crippen LogP contribution in [0.4, 0.5) is 40.8 Å². The Kier molecular flexibility index (Phi) is 9.56. The fraction of sp³-hybridized carbons (Fsp3) is 0.321. The monoisotopic (exact) mass is 619 g/mol. The Labute approximate surface area is 239 Å². The van der Waals surface area contributed by atoms with Crippen molar-refractivity contribution < 1.29 is 49.8 Å². The van der Waals surface area contributed by atoms with Crippen LogP contribution in [0, 0.1) is 18.6 Å². The van der Waals surface area contributed by atoms with E-state index in [1.165, 1.54) is 33.0 Å². The third-order valence-electron chi connectivity index (χ3n) is 6.67. The van der Waals surface area contributed by atoms with Crippen LogP contribution in [-0.4, -0.2) is 39.8 Å². The summed E-state index contributed by atoms with van der Waals surface area (Å²) in [5.74, 6) is -6.23. The second kappa shape index (κ2) is 12.4. The Morgan fingerprint density at radius 2 is 1.53 bits per heavy atom. The Bertz CT molecular complexity index is 1560. The number of alkyl halides is 6. The molecule has 1 heterocycles. The molecule has 43 heavy (non-hydrogen) atoms. The molecule has 0 fully saturated rings. The summed E-state index contributed by atoms with van der Waals surface area (Å²) < 4.78 is 110. The van der Waals surface area contributed by atoms with Crippen LogP contribution in [-0.2, 0) is 24.4 Å². The molecule has 7 nitrogen and oxygen atoms in total. The Morgan fingerprint density at radius 1 is 0.977 bits per heavy atom. The first-order valence-electron chi connectivity index (χ1n) is 12.6. The molecule has 15 heteroatoms. The molecule has 3 rings (SSSR count). The quantitative estimate of drug-likeness (QED) is 0.262. The fourth-order valence-corrected chi connectivity index (χ4v) is 4.29. The highest BCUT2D eigenvalue weighted by Crippen LogP contribution is 2.36. The van der Waals surface area contributed by atoms with Gasteiger partial charge in [-0.3, -0.25) is 9.59 Å². The molecule has 0 saturated heterocycles. The van der Waals surface area contributed by atoms with Gasteiger partial charge in [0.1, 0.15) is 29.3 Å². The highest BCUT2D eigenvalue weighted by molar-refractivity contribution is 5.97. The average molecular weight is 620 g/mol. The van der Waals surface area contributed by atoms with Crippen molar-refractivity contribution in [1.29, 1.82) is 0 Å². The Hall–Kier alpha value is -4.43. The van der Waals surface area contributed by atoms with Crippen LogP contribution in [0.2, 0.25) is 0 Å². The molecule has 2 atom stereocenters. The van der Waals surface area contributed by atoms with Gasteiger partial charge in [-0.25, -0.2) is 13.6 Å². The Balaban J connectivity index is 1.85. The van der Waals surface area contributed by atoms with Gasteiger partial charge < -0.3 is 20.3 Å². The molecule has 3 aromatic rings. The molecule has 232 valence electrons. The molecule has 0 aliphatic heterocycles. The van der Waals surface area contributed by atoms with Gasteiger partial charge in [-0.05, 0) is 42.7 Å². The number of carboxylic acid groups (broad SMARTS) is 1. The second-order valence-electron chi connectivity index (χ2n) is 9.66. The molecule has 0 radical (unpaired) electrons. The van der Waals surface area contributed by atoms with Crippen molar-refractivity contribution in [1.82, 2.24) is 9.88 Å². The number of pyridine rings is 1. The van der Waals surface area contributed by atoms with Crippen LogP contribution in [0.25, 0.3) is 11.1 Å². The minimum atomic E-state index is -4.85. The zero-order chi connectivity index (χ0) is 32.4. The van der Waals surface area contributed by atoms with Crippen LogP contribution in [0.15, 0.2) is 47.3 Å². The van der Waals surface area contributed by atoms with Crippen molar-refractivity contribution in [2.45, 2.75) is 51.1 Å². The van der Waals surface area contributed by atoms with Crippen LogP contribution in [0.3, 0.4) is 0 Å². The maximum Gasteiger partial charge on any atom is 0.417 e.